The van der Waals surface area contributed by atoms with Crippen LogP contribution in [0.1, 0.15) is 68.3 Å². The van der Waals surface area contributed by atoms with Crippen LogP contribution in [-0.2, 0) is 14.3 Å². The zero-order valence-electron chi connectivity index (χ0n) is 15.9. The molecule has 0 unspecified atom stereocenters. The first-order valence-electron chi connectivity index (χ1n) is 9.46. The Morgan fingerprint density at radius 1 is 1.12 bits per heavy atom. The Kier molecular flexibility index (Phi) is 7.37. The van der Waals surface area contributed by atoms with Crippen molar-refractivity contribution in [3.05, 3.63) is 35.4 Å². The largest absolute Gasteiger partial charge is 0.453 e. The van der Waals surface area contributed by atoms with E-state index in [0.717, 1.165) is 24.8 Å². The number of ketones is 1. The van der Waals surface area contributed by atoms with Gasteiger partial charge in [0.05, 0.1) is 6.42 Å². The molecule has 0 aliphatic heterocycles. The third-order valence-electron chi connectivity index (χ3n) is 5.05. The molecule has 142 valence electrons. The molecule has 1 aliphatic carbocycles. The summed E-state index contributed by atoms with van der Waals surface area (Å²) in [6.07, 6.45) is 3.61. The summed E-state index contributed by atoms with van der Waals surface area (Å²) in [6, 6.07) is 7.39. The highest BCUT2D eigenvalue weighted by atomic mass is 16.5. The SMILES string of the molecule is Cc1ccc(C(=O)CCC(=O)O[C@@H](C)C(=O)N[C@@H]2CCCC[C@@H]2C)cc1. The van der Waals surface area contributed by atoms with Crippen LogP contribution >= 0.6 is 0 Å². The van der Waals surface area contributed by atoms with Gasteiger partial charge in [0.1, 0.15) is 0 Å². The normalized spacial score (nSPS) is 20.9. The molecule has 1 aliphatic rings. The van der Waals surface area contributed by atoms with Gasteiger partial charge in [0.25, 0.3) is 5.91 Å². The summed E-state index contributed by atoms with van der Waals surface area (Å²) in [5, 5.41) is 2.99. The maximum absolute atomic E-state index is 12.2. The maximum Gasteiger partial charge on any atom is 0.307 e. The molecular weight excluding hydrogens is 330 g/mol. The molecule has 0 saturated heterocycles. The lowest BCUT2D eigenvalue weighted by Crippen LogP contribution is -2.46. The standard InChI is InChI=1S/C21H29NO4/c1-14-8-10-17(11-9-14)19(23)12-13-20(24)26-16(3)21(25)22-18-7-5-4-6-15(18)2/h8-11,15-16,18H,4-7,12-13H2,1-3H3,(H,22,25)/t15-,16-,18+/m0/s1. The van der Waals surface area contributed by atoms with Crippen LogP contribution in [-0.4, -0.2) is 29.8 Å². The Morgan fingerprint density at radius 3 is 2.42 bits per heavy atom. The second kappa shape index (κ2) is 9.51. The molecule has 1 aromatic carbocycles. The molecule has 1 saturated carbocycles. The molecule has 5 nitrogen and oxygen atoms in total. The minimum absolute atomic E-state index is 0.0236. The van der Waals surface area contributed by atoms with Crippen molar-refractivity contribution in [2.24, 2.45) is 5.92 Å². The third-order valence-corrected chi connectivity index (χ3v) is 5.05. The quantitative estimate of drug-likeness (QED) is 0.596. The number of rotatable bonds is 7. The Morgan fingerprint density at radius 2 is 1.77 bits per heavy atom. The number of hydrogen-bond acceptors (Lipinski definition) is 4. The average Bonchev–Trinajstić information content (AvgIpc) is 2.62. The molecule has 2 rings (SSSR count). The smallest absolute Gasteiger partial charge is 0.307 e. The van der Waals surface area contributed by atoms with Crippen LogP contribution in [0.15, 0.2) is 24.3 Å². The number of carbonyl (C=O) groups is 3. The molecule has 1 aromatic rings. The zero-order chi connectivity index (χ0) is 19.1. The lowest BCUT2D eigenvalue weighted by atomic mass is 9.86. The number of esters is 1. The average molecular weight is 359 g/mol. The molecule has 0 spiro atoms. The highest BCUT2D eigenvalue weighted by Gasteiger charge is 2.26. The Balaban J connectivity index is 1.74. The fourth-order valence-corrected chi connectivity index (χ4v) is 3.24. The summed E-state index contributed by atoms with van der Waals surface area (Å²) in [5.41, 5.74) is 1.66. The van der Waals surface area contributed by atoms with Gasteiger partial charge in [0.2, 0.25) is 0 Å². The van der Waals surface area contributed by atoms with Crippen molar-refractivity contribution in [3.8, 4) is 0 Å². The highest BCUT2D eigenvalue weighted by molar-refractivity contribution is 5.97. The van der Waals surface area contributed by atoms with Crippen LogP contribution in [0.2, 0.25) is 0 Å². The molecule has 3 atom stereocenters. The predicted molar refractivity (Wildman–Crippen MR) is 99.9 cm³/mol. The van der Waals surface area contributed by atoms with E-state index in [1.54, 1.807) is 19.1 Å². The number of nitrogens with one attached hydrogen (secondary N) is 1. The van der Waals surface area contributed by atoms with E-state index in [-0.39, 0.29) is 30.6 Å². The monoisotopic (exact) mass is 359 g/mol. The van der Waals surface area contributed by atoms with Gasteiger partial charge in [-0.05, 0) is 32.6 Å². The van der Waals surface area contributed by atoms with Gasteiger partial charge in [-0.2, -0.15) is 0 Å². The summed E-state index contributed by atoms with van der Waals surface area (Å²) in [7, 11) is 0. The van der Waals surface area contributed by atoms with Gasteiger partial charge >= 0.3 is 5.97 Å². The van der Waals surface area contributed by atoms with Gasteiger partial charge in [0.15, 0.2) is 11.9 Å². The van der Waals surface area contributed by atoms with E-state index in [1.807, 2.05) is 19.1 Å². The summed E-state index contributed by atoms with van der Waals surface area (Å²) < 4.78 is 5.19. The Bertz CT molecular complexity index is 638. The number of benzene rings is 1. The van der Waals surface area contributed by atoms with Crippen LogP contribution in [0.5, 0.6) is 0 Å². The number of hydrogen-bond donors (Lipinski definition) is 1. The fraction of sp³-hybridized carbons (Fsp3) is 0.571. The minimum Gasteiger partial charge on any atom is -0.453 e. The van der Waals surface area contributed by atoms with Gasteiger partial charge in [-0.25, -0.2) is 0 Å². The second-order valence-corrected chi connectivity index (χ2v) is 7.30. The fourth-order valence-electron chi connectivity index (χ4n) is 3.24. The molecule has 0 heterocycles. The maximum atomic E-state index is 12.2. The van der Waals surface area contributed by atoms with E-state index in [0.29, 0.717) is 11.5 Å². The van der Waals surface area contributed by atoms with E-state index < -0.39 is 12.1 Å². The van der Waals surface area contributed by atoms with Crippen molar-refractivity contribution < 1.29 is 19.1 Å². The molecule has 0 bridgehead atoms. The topological polar surface area (TPSA) is 72.5 Å². The predicted octanol–water partition coefficient (Wildman–Crippen LogP) is 3.58. The summed E-state index contributed by atoms with van der Waals surface area (Å²) in [5.74, 6) is -0.440. The minimum atomic E-state index is -0.842. The number of carbonyl (C=O) groups excluding carboxylic acids is 3. The molecule has 1 fully saturated rings. The van der Waals surface area contributed by atoms with Crippen LogP contribution in [0.3, 0.4) is 0 Å². The molecular formula is C21H29NO4. The second-order valence-electron chi connectivity index (χ2n) is 7.30. The van der Waals surface area contributed by atoms with Crippen LogP contribution in [0.25, 0.3) is 0 Å². The van der Waals surface area contributed by atoms with Gasteiger partial charge in [0, 0.05) is 18.0 Å². The first-order chi connectivity index (χ1) is 12.4. The van der Waals surface area contributed by atoms with E-state index in [2.05, 4.69) is 12.2 Å². The van der Waals surface area contributed by atoms with Gasteiger partial charge in [-0.15, -0.1) is 0 Å². The lowest BCUT2D eigenvalue weighted by molar-refractivity contribution is -0.155. The van der Waals surface area contributed by atoms with Crippen LogP contribution < -0.4 is 5.32 Å². The third kappa shape index (κ3) is 5.97. The highest BCUT2D eigenvalue weighted by Crippen LogP contribution is 2.23. The van der Waals surface area contributed by atoms with Gasteiger partial charge < -0.3 is 10.1 Å². The molecule has 1 amide bonds. The van der Waals surface area contributed by atoms with E-state index in [4.69, 9.17) is 4.74 Å². The number of aryl methyl sites for hydroxylation is 1. The number of amides is 1. The summed E-state index contributed by atoms with van der Waals surface area (Å²) in [4.78, 5) is 36.3. The molecule has 0 aromatic heterocycles. The first kappa shape index (κ1) is 20.1. The number of Topliss-reactive ketones (excluding diaryl/α,β-unsaturated/α-hetero) is 1. The molecule has 0 radical (unpaired) electrons. The zero-order valence-corrected chi connectivity index (χ0v) is 15.9. The van der Waals surface area contributed by atoms with Crippen molar-refractivity contribution in [1.82, 2.24) is 5.32 Å². The summed E-state index contributed by atoms with van der Waals surface area (Å²) in [6.45, 7) is 5.66. The van der Waals surface area contributed by atoms with Crippen molar-refractivity contribution in [2.75, 3.05) is 0 Å². The van der Waals surface area contributed by atoms with Crippen molar-refractivity contribution >= 4 is 17.7 Å². The Hall–Kier alpha value is -2.17. The van der Waals surface area contributed by atoms with E-state index in [9.17, 15) is 14.4 Å². The van der Waals surface area contributed by atoms with Crippen molar-refractivity contribution in [2.45, 2.75) is 71.4 Å². The van der Waals surface area contributed by atoms with Gasteiger partial charge in [-0.3, -0.25) is 14.4 Å². The number of ether oxygens (including phenoxy) is 1. The van der Waals surface area contributed by atoms with Crippen molar-refractivity contribution in [1.29, 1.82) is 0 Å². The van der Waals surface area contributed by atoms with E-state index >= 15 is 0 Å². The van der Waals surface area contributed by atoms with Crippen molar-refractivity contribution in [3.63, 3.8) is 0 Å². The molecule has 1 N–H and O–H groups in total. The van der Waals surface area contributed by atoms with Crippen LogP contribution in [0, 0.1) is 12.8 Å². The van der Waals surface area contributed by atoms with Crippen LogP contribution in [0.4, 0.5) is 0 Å². The Labute approximate surface area is 155 Å². The molecule has 5 heteroatoms. The van der Waals surface area contributed by atoms with E-state index in [1.165, 1.54) is 6.42 Å². The summed E-state index contributed by atoms with van der Waals surface area (Å²) >= 11 is 0. The lowest BCUT2D eigenvalue weighted by Gasteiger charge is -2.30. The first-order valence-corrected chi connectivity index (χ1v) is 9.46. The molecule has 26 heavy (non-hydrogen) atoms. The van der Waals surface area contributed by atoms with Gasteiger partial charge in [-0.1, -0.05) is 49.6 Å².